The quantitative estimate of drug-likeness (QED) is 0.450. The second-order valence-corrected chi connectivity index (χ2v) is 8.78. The smallest absolute Gasteiger partial charge is 0.172 e. The fraction of sp³-hybridized carbons (Fsp3) is 0.185. The van der Waals surface area contributed by atoms with E-state index in [4.69, 9.17) is 9.47 Å². The number of anilines is 1. The van der Waals surface area contributed by atoms with Gasteiger partial charge in [0.25, 0.3) is 0 Å². The molecule has 3 aromatic rings. The van der Waals surface area contributed by atoms with Crippen LogP contribution in [0.5, 0.6) is 23.0 Å². The first-order valence-electron chi connectivity index (χ1n) is 10.5. The van der Waals surface area contributed by atoms with E-state index in [1.54, 1.807) is 31.4 Å². The standard InChI is InChI=1S/C27H25NO4/c1-15-14-27(2,3)28-19-10-9-18-24(23(15)19)22(13-16-5-7-17(29)8-6-16)32-21-12-11-20(30)26(31-4)25(18)21/h5-14,28-30H,1-4H3/b22-13-. The number of ether oxygens (including phenoxy) is 2. The highest BCUT2D eigenvalue weighted by Crippen LogP contribution is 2.54. The molecule has 2 heterocycles. The van der Waals surface area contributed by atoms with Crippen LogP contribution in [0.4, 0.5) is 5.69 Å². The lowest BCUT2D eigenvalue weighted by molar-refractivity contribution is 0.371. The van der Waals surface area contributed by atoms with Crippen LogP contribution in [-0.2, 0) is 0 Å². The largest absolute Gasteiger partial charge is 0.508 e. The maximum Gasteiger partial charge on any atom is 0.172 e. The Hall–Kier alpha value is -3.86. The second kappa shape index (κ2) is 7.09. The molecule has 32 heavy (non-hydrogen) atoms. The molecule has 0 saturated heterocycles. The van der Waals surface area contributed by atoms with Crippen molar-refractivity contribution < 1.29 is 19.7 Å². The van der Waals surface area contributed by atoms with Crippen molar-refractivity contribution in [3.05, 3.63) is 71.3 Å². The molecule has 2 aliphatic rings. The molecule has 0 aliphatic carbocycles. The van der Waals surface area contributed by atoms with Crippen molar-refractivity contribution in [1.82, 2.24) is 0 Å². The monoisotopic (exact) mass is 427 g/mol. The average molecular weight is 428 g/mol. The molecule has 5 rings (SSSR count). The Kier molecular flexibility index (Phi) is 4.45. The van der Waals surface area contributed by atoms with Crippen molar-refractivity contribution in [2.45, 2.75) is 26.3 Å². The van der Waals surface area contributed by atoms with Crippen molar-refractivity contribution in [1.29, 1.82) is 0 Å². The van der Waals surface area contributed by atoms with Gasteiger partial charge in [-0.05, 0) is 68.3 Å². The molecule has 0 radical (unpaired) electrons. The Bertz CT molecular complexity index is 1300. The van der Waals surface area contributed by atoms with Crippen molar-refractivity contribution in [2.24, 2.45) is 0 Å². The SMILES string of the molecule is COc1c(O)ccc2c1-c1ccc3c(c1/C(=C/c1ccc(O)cc1)O2)C(C)=CC(C)(C)N3. The number of nitrogens with one attached hydrogen (secondary N) is 1. The number of hydrogen-bond donors (Lipinski definition) is 3. The third kappa shape index (κ3) is 3.17. The summed E-state index contributed by atoms with van der Waals surface area (Å²) in [5.41, 5.74) is 6.55. The van der Waals surface area contributed by atoms with Gasteiger partial charge < -0.3 is 25.0 Å². The van der Waals surface area contributed by atoms with E-state index < -0.39 is 0 Å². The van der Waals surface area contributed by atoms with Gasteiger partial charge in [-0.3, -0.25) is 0 Å². The zero-order valence-electron chi connectivity index (χ0n) is 18.5. The summed E-state index contributed by atoms with van der Waals surface area (Å²) >= 11 is 0. The zero-order chi connectivity index (χ0) is 22.6. The van der Waals surface area contributed by atoms with Crippen molar-refractivity contribution >= 4 is 23.1 Å². The fourth-order valence-corrected chi connectivity index (χ4v) is 4.67. The van der Waals surface area contributed by atoms with E-state index in [1.165, 1.54) is 0 Å². The number of aromatic hydroxyl groups is 2. The molecule has 0 atom stereocenters. The summed E-state index contributed by atoms with van der Waals surface area (Å²) in [5.74, 6) is 1.97. The van der Waals surface area contributed by atoms with Crippen LogP contribution in [0.3, 0.4) is 0 Å². The van der Waals surface area contributed by atoms with E-state index >= 15 is 0 Å². The summed E-state index contributed by atoms with van der Waals surface area (Å²) in [6.45, 7) is 6.38. The molecule has 5 heteroatoms. The minimum Gasteiger partial charge on any atom is -0.508 e. The molecule has 0 amide bonds. The molecule has 0 bridgehead atoms. The first kappa shape index (κ1) is 20.1. The molecule has 162 valence electrons. The van der Waals surface area contributed by atoms with Crippen molar-refractivity contribution in [3.63, 3.8) is 0 Å². The van der Waals surface area contributed by atoms with Crippen LogP contribution in [0.25, 0.3) is 28.5 Å². The van der Waals surface area contributed by atoms with Gasteiger partial charge in [-0.2, -0.15) is 0 Å². The van der Waals surface area contributed by atoms with Crippen molar-refractivity contribution in [3.8, 4) is 34.1 Å². The first-order chi connectivity index (χ1) is 15.3. The molecule has 0 saturated carbocycles. The molecule has 0 unspecified atom stereocenters. The zero-order valence-corrected chi connectivity index (χ0v) is 18.5. The van der Waals surface area contributed by atoms with E-state index in [9.17, 15) is 10.2 Å². The van der Waals surface area contributed by atoms with Gasteiger partial charge >= 0.3 is 0 Å². The highest BCUT2D eigenvalue weighted by molar-refractivity contribution is 6.02. The highest BCUT2D eigenvalue weighted by atomic mass is 16.5. The number of allylic oxidation sites excluding steroid dienone is 1. The third-order valence-electron chi connectivity index (χ3n) is 5.86. The van der Waals surface area contributed by atoms with Crippen LogP contribution >= 0.6 is 0 Å². The summed E-state index contributed by atoms with van der Waals surface area (Å²) in [5, 5.41) is 23.7. The second-order valence-electron chi connectivity index (χ2n) is 8.78. The maximum absolute atomic E-state index is 10.4. The predicted molar refractivity (Wildman–Crippen MR) is 128 cm³/mol. The summed E-state index contributed by atoms with van der Waals surface area (Å²) in [4.78, 5) is 0. The molecule has 3 aromatic carbocycles. The molecule has 0 spiro atoms. The Labute approximate surface area is 187 Å². The Balaban J connectivity index is 1.83. The van der Waals surface area contributed by atoms with E-state index in [0.717, 1.165) is 39.1 Å². The lowest BCUT2D eigenvalue weighted by Gasteiger charge is -2.35. The van der Waals surface area contributed by atoms with E-state index in [2.05, 4.69) is 38.2 Å². The van der Waals surface area contributed by atoms with E-state index in [1.807, 2.05) is 24.3 Å². The van der Waals surface area contributed by atoms with Gasteiger partial charge in [-0.15, -0.1) is 0 Å². The summed E-state index contributed by atoms with van der Waals surface area (Å²) in [7, 11) is 1.55. The van der Waals surface area contributed by atoms with Gasteiger partial charge in [0.05, 0.1) is 18.2 Å². The van der Waals surface area contributed by atoms with Crippen LogP contribution in [0.15, 0.2) is 54.6 Å². The fourth-order valence-electron chi connectivity index (χ4n) is 4.67. The highest BCUT2D eigenvalue weighted by Gasteiger charge is 2.33. The van der Waals surface area contributed by atoms with Crippen LogP contribution in [0.1, 0.15) is 37.5 Å². The first-order valence-corrected chi connectivity index (χ1v) is 10.5. The topological polar surface area (TPSA) is 71.0 Å². The summed E-state index contributed by atoms with van der Waals surface area (Å²) < 4.78 is 12.0. The van der Waals surface area contributed by atoms with Gasteiger partial charge in [-0.25, -0.2) is 0 Å². The van der Waals surface area contributed by atoms with Crippen LogP contribution in [0, 0.1) is 0 Å². The normalized spacial score (nSPS) is 16.8. The van der Waals surface area contributed by atoms with Crippen LogP contribution < -0.4 is 14.8 Å². The lowest BCUT2D eigenvalue weighted by atomic mass is 9.83. The Morgan fingerprint density at radius 1 is 0.938 bits per heavy atom. The van der Waals surface area contributed by atoms with Gasteiger partial charge in [-0.1, -0.05) is 24.3 Å². The summed E-state index contributed by atoms with van der Waals surface area (Å²) in [6.07, 6.45) is 4.18. The van der Waals surface area contributed by atoms with Gasteiger partial charge in [0.1, 0.15) is 17.3 Å². The predicted octanol–water partition coefficient (Wildman–Crippen LogP) is 6.27. The maximum atomic E-state index is 10.4. The molecule has 0 fully saturated rings. The van der Waals surface area contributed by atoms with Crippen LogP contribution in [0.2, 0.25) is 0 Å². The van der Waals surface area contributed by atoms with Gasteiger partial charge in [0.15, 0.2) is 11.5 Å². The number of methoxy groups -OCH3 is 1. The number of phenolic OH excluding ortho intramolecular Hbond substituents is 2. The lowest BCUT2D eigenvalue weighted by Crippen LogP contribution is -2.32. The molecule has 2 aliphatic heterocycles. The Morgan fingerprint density at radius 2 is 1.69 bits per heavy atom. The van der Waals surface area contributed by atoms with Crippen molar-refractivity contribution in [2.75, 3.05) is 12.4 Å². The third-order valence-corrected chi connectivity index (χ3v) is 5.86. The number of fused-ring (bicyclic) bond motifs is 5. The molecule has 0 aromatic heterocycles. The molecular weight excluding hydrogens is 402 g/mol. The van der Waals surface area contributed by atoms with Gasteiger partial charge in [0.2, 0.25) is 0 Å². The number of rotatable bonds is 2. The van der Waals surface area contributed by atoms with E-state index in [-0.39, 0.29) is 17.0 Å². The van der Waals surface area contributed by atoms with E-state index in [0.29, 0.717) is 17.3 Å². The van der Waals surface area contributed by atoms with Crippen LogP contribution in [-0.4, -0.2) is 22.9 Å². The number of hydrogen-bond acceptors (Lipinski definition) is 5. The molecule has 3 N–H and O–H groups in total. The van der Waals surface area contributed by atoms with Gasteiger partial charge in [0, 0.05) is 22.4 Å². The minimum atomic E-state index is -0.171. The summed E-state index contributed by atoms with van der Waals surface area (Å²) in [6, 6.07) is 14.4. The Morgan fingerprint density at radius 3 is 2.41 bits per heavy atom. The average Bonchev–Trinajstić information content (AvgIpc) is 2.74. The minimum absolute atomic E-state index is 0.0657. The molecule has 5 nitrogen and oxygen atoms in total. The molecular formula is C27H25NO4. The number of benzene rings is 3. The number of phenols is 2.